The molecule has 3 heterocycles. The molecule has 21 heavy (non-hydrogen) atoms. The molecule has 8 heteroatoms. The Morgan fingerprint density at radius 3 is 3.19 bits per heavy atom. The highest BCUT2D eigenvalue weighted by molar-refractivity contribution is 5.78. The lowest BCUT2D eigenvalue weighted by molar-refractivity contribution is -0.125. The maximum absolute atomic E-state index is 11.8. The molecule has 0 radical (unpaired) electrons. The molecule has 1 aliphatic rings. The Hall–Kier alpha value is -2.48. The number of carbonyl (C=O) groups excluding carboxylic acids is 1. The van der Waals surface area contributed by atoms with Gasteiger partial charge in [0.25, 0.3) is 0 Å². The van der Waals surface area contributed by atoms with Crippen molar-refractivity contribution in [3.8, 4) is 11.4 Å². The van der Waals surface area contributed by atoms with Crippen molar-refractivity contribution in [2.45, 2.75) is 13.0 Å². The fourth-order valence-electron chi connectivity index (χ4n) is 2.08. The van der Waals surface area contributed by atoms with Gasteiger partial charge in [0.05, 0.1) is 19.1 Å². The largest absolute Gasteiger partial charge is 0.381 e. The van der Waals surface area contributed by atoms with Gasteiger partial charge in [-0.2, -0.15) is 4.98 Å². The highest BCUT2D eigenvalue weighted by Crippen LogP contribution is 2.14. The van der Waals surface area contributed by atoms with E-state index in [1.54, 1.807) is 6.07 Å². The monoisotopic (exact) mass is 290 g/mol. The topological polar surface area (TPSA) is 110 Å². The minimum Gasteiger partial charge on any atom is -0.381 e. The van der Waals surface area contributed by atoms with E-state index < -0.39 is 0 Å². The van der Waals surface area contributed by atoms with Crippen molar-refractivity contribution in [3.05, 3.63) is 34.6 Å². The molecule has 2 aromatic heterocycles. The van der Waals surface area contributed by atoms with Crippen molar-refractivity contribution in [2.75, 3.05) is 13.2 Å². The van der Waals surface area contributed by atoms with Crippen LogP contribution in [0.5, 0.6) is 0 Å². The van der Waals surface area contributed by atoms with Crippen LogP contribution in [0.25, 0.3) is 11.4 Å². The van der Waals surface area contributed by atoms with Crippen molar-refractivity contribution < 1.29 is 14.1 Å². The van der Waals surface area contributed by atoms with Gasteiger partial charge < -0.3 is 19.6 Å². The van der Waals surface area contributed by atoms with Gasteiger partial charge in [-0.25, -0.2) is 0 Å². The molecular weight excluding hydrogens is 276 g/mol. The summed E-state index contributed by atoms with van der Waals surface area (Å²) in [6.45, 7) is 1.23. The first-order valence-electron chi connectivity index (χ1n) is 6.59. The summed E-state index contributed by atoms with van der Waals surface area (Å²) < 4.78 is 10.2. The predicted molar refractivity (Wildman–Crippen MR) is 71.1 cm³/mol. The second-order valence-electron chi connectivity index (χ2n) is 4.73. The van der Waals surface area contributed by atoms with Gasteiger partial charge in [-0.15, -0.1) is 0 Å². The van der Waals surface area contributed by atoms with Crippen LogP contribution in [0.1, 0.15) is 12.3 Å². The first kappa shape index (κ1) is 13.5. The van der Waals surface area contributed by atoms with Crippen LogP contribution in [0.4, 0.5) is 0 Å². The molecule has 0 saturated carbocycles. The zero-order chi connectivity index (χ0) is 14.7. The van der Waals surface area contributed by atoms with Crippen molar-refractivity contribution >= 4 is 5.91 Å². The number of rotatable bonds is 4. The number of H-pyrrole nitrogens is 1. The number of pyridine rings is 1. The number of hydrogen-bond acceptors (Lipinski definition) is 6. The molecule has 3 rings (SSSR count). The first-order chi connectivity index (χ1) is 10.2. The van der Waals surface area contributed by atoms with Gasteiger partial charge in [-0.3, -0.25) is 9.59 Å². The Balaban J connectivity index is 1.62. The third-order valence-electron chi connectivity index (χ3n) is 3.22. The summed E-state index contributed by atoms with van der Waals surface area (Å²) in [5, 5.41) is 6.52. The van der Waals surface area contributed by atoms with E-state index in [1.165, 1.54) is 12.3 Å². The summed E-state index contributed by atoms with van der Waals surface area (Å²) in [5.74, 6) is 0.413. The van der Waals surface area contributed by atoms with Crippen LogP contribution in [0.3, 0.4) is 0 Å². The van der Waals surface area contributed by atoms with Gasteiger partial charge in [-0.05, 0) is 12.5 Å². The molecule has 0 unspecified atom stereocenters. The molecular formula is C13H14N4O4. The highest BCUT2D eigenvalue weighted by Gasteiger charge is 2.23. The SMILES string of the molecule is O=C(NCc1nc(-c2cc[nH]c(=O)c2)no1)[C@H]1CCOC1. The minimum atomic E-state index is -0.242. The maximum Gasteiger partial charge on any atom is 0.248 e. The molecule has 0 bridgehead atoms. The average Bonchev–Trinajstić information content (AvgIpc) is 3.16. The van der Waals surface area contributed by atoms with E-state index in [2.05, 4.69) is 20.4 Å². The average molecular weight is 290 g/mol. The van der Waals surface area contributed by atoms with E-state index in [4.69, 9.17) is 9.26 Å². The van der Waals surface area contributed by atoms with Gasteiger partial charge in [0.1, 0.15) is 0 Å². The van der Waals surface area contributed by atoms with Crippen LogP contribution in [0, 0.1) is 5.92 Å². The summed E-state index contributed by atoms with van der Waals surface area (Å²) in [6.07, 6.45) is 2.24. The molecule has 8 nitrogen and oxygen atoms in total. The zero-order valence-electron chi connectivity index (χ0n) is 11.2. The second-order valence-corrected chi connectivity index (χ2v) is 4.73. The van der Waals surface area contributed by atoms with Crippen molar-refractivity contribution in [3.63, 3.8) is 0 Å². The number of nitrogens with zero attached hydrogens (tertiary/aromatic N) is 2. The minimum absolute atomic E-state index is 0.0802. The van der Waals surface area contributed by atoms with E-state index in [1.807, 2.05) is 0 Å². The molecule has 1 saturated heterocycles. The quantitative estimate of drug-likeness (QED) is 0.825. The van der Waals surface area contributed by atoms with Gasteiger partial charge in [0.2, 0.25) is 23.2 Å². The molecule has 1 amide bonds. The van der Waals surface area contributed by atoms with E-state index in [0.717, 1.165) is 6.42 Å². The Kier molecular flexibility index (Phi) is 3.78. The van der Waals surface area contributed by atoms with Gasteiger partial charge in [0.15, 0.2) is 0 Å². The lowest BCUT2D eigenvalue weighted by atomic mass is 10.1. The van der Waals surface area contributed by atoms with Crippen LogP contribution in [0.15, 0.2) is 27.6 Å². The number of nitrogens with one attached hydrogen (secondary N) is 2. The number of carbonyl (C=O) groups is 1. The standard InChI is InChI=1S/C13H14N4O4/c18-10-5-8(1-3-14-10)12-16-11(21-17-12)6-15-13(19)9-2-4-20-7-9/h1,3,5,9H,2,4,6-7H2,(H,14,18)(H,15,19)/t9-/m0/s1. The molecule has 0 aromatic carbocycles. The number of aromatic amines is 1. The number of aromatic nitrogens is 3. The number of ether oxygens (including phenoxy) is 1. The van der Waals surface area contributed by atoms with Crippen molar-refractivity contribution in [2.24, 2.45) is 5.92 Å². The summed E-state index contributed by atoms with van der Waals surface area (Å²) in [6, 6.07) is 3.05. The van der Waals surface area contributed by atoms with Crippen LogP contribution in [-0.4, -0.2) is 34.2 Å². The zero-order valence-corrected chi connectivity index (χ0v) is 11.2. The lowest BCUT2D eigenvalue weighted by Crippen LogP contribution is -2.30. The Morgan fingerprint density at radius 1 is 1.52 bits per heavy atom. The van der Waals surface area contributed by atoms with Crippen molar-refractivity contribution in [1.82, 2.24) is 20.4 Å². The van der Waals surface area contributed by atoms with E-state index in [9.17, 15) is 9.59 Å². The third-order valence-corrected chi connectivity index (χ3v) is 3.22. The Labute approximate surface area is 119 Å². The molecule has 1 aliphatic heterocycles. The normalized spacial score (nSPS) is 17.8. The third kappa shape index (κ3) is 3.16. The first-order valence-corrected chi connectivity index (χ1v) is 6.59. The van der Waals surface area contributed by atoms with Gasteiger partial charge in [-0.1, -0.05) is 5.16 Å². The van der Waals surface area contributed by atoms with E-state index in [-0.39, 0.29) is 29.8 Å². The smallest absolute Gasteiger partial charge is 0.248 e. The number of amides is 1. The van der Waals surface area contributed by atoms with Crippen LogP contribution in [-0.2, 0) is 16.1 Å². The molecule has 1 atom stereocenters. The summed E-state index contributed by atoms with van der Waals surface area (Å²) in [5.41, 5.74) is 0.317. The fraction of sp³-hybridized carbons (Fsp3) is 0.385. The predicted octanol–water partition coefficient (Wildman–Crippen LogP) is 0.0776. The van der Waals surface area contributed by atoms with Crippen LogP contribution < -0.4 is 10.9 Å². The second kappa shape index (κ2) is 5.88. The summed E-state index contributed by atoms with van der Waals surface area (Å²) in [7, 11) is 0. The Bertz CT molecular complexity index is 687. The molecule has 2 N–H and O–H groups in total. The van der Waals surface area contributed by atoms with Crippen molar-refractivity contribution in [1.29, 1.82) is 0 Å². The van der Waals surface area contributed by atoms with Crippen LogP contribution in [0.2, 0.25) is 0 Å². The summed E-state index contributed by atoms with van der Waals surface area (Å²) >= 11 is 0. The summed E-state index contributed by atoms with van der Waals surface area (Å²) in [4.78, 5) is 29.7. The van der Waals surface area contributed by atoms with E-state index >= 15 is 0 Å². The lowest BCUT2D eigenvalue weighted by Gasteiger charge is -2.06. The van der Waals surface area contributed by atoms with Gasteiger partial charge >= 0.3 is 0 Å². The fourth-order valence-corrected chi connectivity index (χ4v) is 2.08. The highest BCUT2D eigenvalue weighted by atomic mass is 16.5. The molecule has 1 fully saturated rings. The molecule has 0 aliphatic carbocycles. The molecule has 2 aromatic rings. The molecule has 0 spiro atoms. The molecule has 110 valence electrons. The Morgan fingerprint density at radius 2 is 2.43 bits per heavy atom. The number of hydrogen-bond donors (Lipinski definition) is 2. The van der Waals surface area contributed by atoms with E-state index in [0.29, 0.717) is 24.6 Å². The van der Waals surface area contributed by atoms with Gasteiger partial charge in [0, 0.05) is 24.4 Å². The maximum atomic E-state index is 11.8. The van der Waals surface area contributed by atoms with Crippen LogP contribution >= 0.6 is 0 Å².